The predicted octanol–water partition coefficient (Wildman–Crippen LogP) is 3.86. The van der Waals surface area contributed by atoms with Crippen LogP contribution >= 0.6 is 0 Å². The minimum Gasteiger partial charge on any atom is -0.460 e. The molecule has 0 aliphatic heterocycles. The molecule has 1 rings (SSSR count). The molecule has 1 unspecified atom stereocenters. The zero-order valence-corrected chi connectivity index (χ0v) is 11.9. The maximum Gasteiger partial charge on any atom is 0.374 e. The van der Waals surface area contributed by atoms with Crippen molar-refractivity contribution in [1.82, 2.24) is 0 Å². The summed E-state index contributed by atoms with van der Waals surface area (Å²) in [4.78, 5) is 22.8. The van der Waals surface area contributed by atoms with Gasteiger partial charge in [0, 0.05) is 6.92 Å². The zero-order chi connectivity index (χ0) is 14.3. The third-order valence-electron chi connectivity index (χ3n) is 3.15. The van der Waals surface area contributed by atoms with Crippen LogP contribution in [0.5, 0.6) is 0 Å². The molecule has 19 heavy (non-hydrogen) atoms. The summed E-state index contributed by atoms with van der Waals surface area (Å²) in [5.41, 5.74) is 0. The lowest BCUT2D eigenvalue weighted by molar-refractivity contribution is 0.0391. The lowest BCUT2D eigenvalue weighted by Gasteiger charge is -2.13. The van der Waals surface area contributed by atoms with E-state index in [0.717, 1.165) is 25.7 Å². The van der Waals surface area contributed by atoms with Gasteiger partial charge in [-0.15, -0.1) is 0 Å². The van der Waals surface area contributed by atoms with Crippen molar-refractivity contribution in [2.45, 2.75) is 46.5 Å². The Kier molecular flexibility index (Phi) is 6.33. The smallest absolute Gasteiger partial charge is 0.374 e. The molecule has 1 atom stereocenters. The molecule has 0 aliphatic rings. The van der Waals surface area contributed by atoms with E-state index in [4.69, 9.17) is 9.15 Å². The van der Waals surface area contributed by atoms with Crippen molar-refractivity contribution in [3.05, 3.63) is 23.7 Å². The van der Waals surface area contributed by atoms with Crippen LogP contribution in [0, 0.1) is 5.92 Å². The van der Waals surface area contributed by atoms with Gasteiger partial charge in [0.15, 0.2) is 11.5 Å². The fourth-order valence-electron chi connectivity index (χ4n) is 1.80. The number of Topliss-reactive ketones (excluding diaryl/α,β-unsaturated/α-hetero) is 1. The summed E-state index contributed by atoms with van der Waals surface area (Å²) in [6.45, 7) is 6.04. The van der Waals surface area contributed by atoms with Crippen LogP contribution in [0.4, 0.5) is 0 Å². The summed E-state index contributed by atoms with van der Waals surface area (Å²) >= 11 is 0. The third kappa shape index (κ3) is 4.89. The van der Waals surface area contributed by atoms with Crippen LogP contribution in [-0.4, -0.2) is 18.4 Å². The highest BCUT2D eigenvalue weighted by atomic mass is 16.5. The number of rotatable bonds is 8. The first-order valence-corrected chi connectivity index (χ1v) is 6.86. The molecule has 0 spiro atoms. The normalized spacial score (nSPS) is 12.2. The topological polar surface area (TPSA) is 56.5 Å². The number of hydrogen-bond donors (Lipinski definition) is 0. The Balaban J connectivity index is 2.47. The van der Waals surface area contributed by atoms with Crippen molar-refractivity contribution in [1.29, 1.82) is 0 Å². The van der Waals surface area contributed by atoms with E-state index in [1.807, 2.05) is 0 Å². The molecule has 4 heteroatoms. The highest BCUT2D eigenvalue weighted by Crippen LogP contribution is 2.15. The molecule has 0 bridgehead atoms. The van der Waals surface area contributed by atoms with Gasteiger partial charge in [0.05, 0.1) is 6.61 Å². The molecule has 0 aromatic carbocycles. The Labute approximate surface area is 114 Å². The van der Waals surface area contributed by atoms with Gasteiger partial charge in [-0.1, -0.05) is 33.1 Å². The lowest BCUT2D eigenvalue weighted by atomic mass is 10.0. The van der Waals surface area contributed by atoms with E-state index in [1.165, 1.54) is 19.1 Å². The average molecular weight is 266 g/mol. The van der Waals surface area contributed by atoms with Crippen molar-refractivity contribution in [3.8, 4) is 0 Å². The first-order chi connectivity index (χ1) is 9.08. The Morgan fingerprint density at radius 2 is 1.95 bits per heavy atom. The SMILES string of the molecule is CCCCC(CC)COC(=O)c1ccc(C(C)=O)o1. The molecule has 0 N–H and O–H groups in total. The van der Waals surface area contributed by atoms with E-state index in [9.17, 15) is 9.59 Å². The maximum absolute atomic E-state index is 11.7. The van der Waals surface area contributed by atoms with Crippen molar-refractivity contribution in [2.24, 2.45) is 5.92 Å². The summed E-state index contributed by atoms with van der Waals surface area (Å²) in [5.74, 6) is -0.0254. The minimum atomic E-state index is -0.498. The van der Waals surface area contributed by atoms with E-state index < -0.39 is 5.97 Å². The summed E-state index contributed by atoms with van der Waals surface area (Å²) < 4.78 is 10.4. The van der Waals surface area contributed by atoms with Gasteiger partial charge < -0.3 is 9.15 Å². The van der Waals surface area contributed by atoms with E-state index >= 15 is 0 Å². The summed E-state index contributed by atoms with van der Waals surface area (Å²) in [7, 11) is 0. The van der Waals surface area contributed by atoms with E-state index in [0.29, 0.717) is 12.5 Å². The summed E-state index contributed by atoms with van der Waals surface area (Å²) in [5, 5.41) is 0. The minimum absolute atomic E-state index is 0.0931. The van der Waals surface area contributed by atoms with Crippen molar-refractivity contribution < 1.29 is 18.7 Å². The molecule has 0 aliphatic carbocycles. The molecule has 0 saturated heterocycles. The predicted molar refractivity (Wildman–Crippen MR) is 72.3 cm³/mol. The first-order valence-electron chi connectivity index (χ1n) is 6.86. The lowest BCUT2D eigenvalue weighted by Crippen LogP contribution is -2.13. The molecule has 106 valence electrons. The Hall–Kier alpha value is -1.58. The number of carbonyl (C=O) groups excluding carboxylic acids is 2. The second-order valence-corrected chi connectivity index (χ2v) is 4.74. The number of ether oxygens (including phenoxy) is 1. The van der Waals surface area contributed by atoms with Gasteiger partial charge in [-0.3, -0.25) is 4.79 Å². The molecular formula is C15H22O4. The van der Waals surface area contributed by atoms with Crippen LogP contribution in [0.3, 0.4) is 0 Å². The quantitative estimate of drug-likeness (QED) is 0.529. The summed E-state index contributed by atoms with van der Waals surface area (Å²) in [6, 6.07) is 2.97. The molecule has 0 amide bonds. The highest BCUT2D eigenvalue weighted by molar-refractivity contribution is 5.93. The van der Waals surface area contributed by atoms with Crippen LogP contribution < -0.4 is 0 Å². The van der Waals surface area contributed by atoms with Gasteiger partial charge in [-0.2, -0.15) is 0 Å². The molecule has 0 radical (unpaired) electrons. The molecule has 0 saturated carbocycles. The van der Waals surface area contributed by atoms with Crippen LogP contribution in [0.25, 0.3) is 0 Å². The fraction of sp³-hybridized carbons (Fsp3) is 0.600. The van der Waals surface area contributed by atoms with Gasteiger partial charge in [-0.25, -0.2) is 4.79 Å². The highest BCUT2D eigenvalue weighted by Gasteiger charge is 2.16. The van der Waals surface area contributed by atoms with E-state index in [2.05, 4.69) is 13.8 Å². The van der Waals surface area contributed by atoms with Gasteiger partial charge in [-0.05, 0) is 24.5 Å². The zero-order valence-electron chi connectivity index (χ0n) is 11.9. The molecule has 0 fully saturated rings. The standard InChI is InChI=1S/C15H22O4/c1-4-6-7-12(5-2)10-18-15(17)14-9-8-13(19-14)11(3)16/h8-9,12H,4-7,10H2,1-3H3. The number of unbranched alkanes of at least 4 members (excludes halogenated alkanes) is 1. The number of carbonyl (C=O) groups is 2. The largest absolute Gasteiger partial charge is 0.460 e. The van der Waals surface area contributed by atoms with Crippen molar-refractivity contribution >= 4 is 11.8 Å². The second-order valence-electron chi connectivity index (χ2n) is 4.74. The number of ketones is 1. The Morgan fingerprint density at radius 3 is 2.47 bits per heavy atom. The van der Waals surface area contributed by atoms with Crippen molar-refractivity contribution in [2.75, 3.05) is 6.61 Å². The van der Waals surface area contributed by atoms with Gasteiger partial charge >= 0.3 is 5.97 Å². The Morgan fingerprint density at radius 1 is 1.26 bits per heavy atom. The van der Waals surface area contributed by atoms with Crippen LogP contribution in [0.15, 0.2) is 16.5 Å². The molecule has 4 nitrogen and oxygen atoms in total. The first kappa shape index (κ1) is 15.5. The van der Waals surface area contributed by atoms with Crippen LogP contribution in [0.2, 0.25) is 0 Å². The molecule has 1 heterocycles. The monoisotopic (exact) mass is 266 g/mol. The van der Waals surface area contributed by atoms with Crippen LogP contribution in [-0.2, 0) is 4.74 Å². The average Bonchev–Trinajstić information content (AvgIpc) is 2.88. The fourth-order valence-corrected chi connectivity index (χ4v) is 1.80. The number of furan rings is 1. The van der Waals surface area contributed by atoms with Crippen molar-refractivity contribution in [3.63, 3.8) is 0 Å². The molecular weight excluding hydrogens is 244 g/mol. The second kappa shape index (κ2) is 7.77. The maximum atomic E-state index is 11.7. The summed E-state index contributed by atoms with van der Waals surface area (Å²) in [6.07, 6.45) is 4.34. The van der Waals surface area contributed by atoms with E-state index in [1.54, 1.807) is 0 Å². The molecule has 1 aromatic rings. The van der Waals surface area contributed by atoms with Crippen LogP contribution in [0.1, 0.15) is 67.6 Å². The van der Waals surface area contributed by atoms with Gasteiger partial charge in [0.1, 0.15) is 0 Å². The van der Waals surface area contributed by atoms with Gasteiger partial charge in [0.2, 0.25) is 5.76 Å². The van der Waals surface area contributed by atoms with E-state index in [-0.39, 0.29) is 17.3 Å². The number of hydrogen-bond acceptors (Lipinski definition) is 4. The number of esters is 1. The third-order valence-corrected chi connectivity index (χ3v) is 3.15. The van der Waals surface area contributed by atoms with Gasteiger partial charge in [0.25, 0.3) is 0 Å². The Bertz CT molecular complexity index is 420. The molecule has 1 aromatic heterocycles.